The Morgan fingerprint density at radius 1 is 1.26 bits per heavy atom. The van der Waals surface area contributed by atoms with Crippen LogP contribution < -0.4 is 5.73 Å². The van der Waals surface area contributed by atoms with Gasteiger partial charge in [0.05, 0.1) is 5.69 Å². The summed E-state index contributed by atoms with van der Waals surface area (Å²) in [4.78, 5) is 0. The van der Waals surface area contributed by atoms with Crippen LogP contribution in [0.3, 0.4) is 0 Å². The Morgan fingerprint density at radius 3 is 2.63 bits per heavy atom. The van der Waals surface area contributed by atoms with Gasteiger partial charge in [-0.15, -0.1) is 0 Å². The Bertz CT molecular complexity index is 576. The molecule has 0 bridgehead atoms. The molecular weight excluding hydrogens is 234 g/mol. The first-order valence-electron chi connectivity index (χ1n) is 6.68. The summed E-state index contributed by atoms with van der Waals surface area (Å²) in [5.41, 5.74) is 9.72. The van der Waals surface area contributed by atoms with E-state index >= 15 is 0 Å². The average Bonchev–Trinajstić information content (AvgIpc) is 2.74. The van der Waals surface area contributed by atoms with Crippen LogP contribution in [0.2, 0.25) is 0 Å². The quantitative estimate of drug-likeness (QED) is 0.888. The van der Waals surface area contributed by atoms with Crippen LogP contribution in [0.25, 0.3) is 0 Å². The van der Waals surface area contributed by atoms with Gasteiger partial charge in [-0.05, 0) is 18.1 Å². The first kappa shape index (κ1) is 13.2. The van der Waals surface area contributed by atoms with E-state index in [1.165, 1.54) is 5.56 Å². The summed E-state index contributed by atoms with van der Waals surface area (Å²) < 4.78 is 2.06. The maximum Gasteiger partial charge on any atom is 0.122 e. The smallest absolute Gasteiger partial charge is 0.122 e. The van der Waals surface area contributed by atoms with Crippen molar-refractivity contribution in [3.05, 3.63) is 53.3 Å². The van der Waals surface area contributed by atoms with E-state index in [-0.39, 0.29) is 0 Å². The van der Waals surface area contributed by atoms with Gasteiger partial charge in [-0.1, -0.05) is 43.7 Å². The van der Waals surface area contributed by atoms with E-state index < -0.39 is 0 Å². The molecule has 0 aliphatic carbocycles. The van der Waals surface area contributed by atoms with Crippen molar-refractivity contribution in [2.45, 2.75) is 32.7 Å². The molecule has 0 amide bonds. The van der Waals surface area contributed by atoms with Crippen molar-refractivity contribution >= 4 is 5.69 Å². The van der Waals surface area contributed by atoms with E-state index in [1.54, 1.807) is 6.07 Å². The molecule has 1 heterocycles. The van der Waals surface area contributed by atoms with Crippen LogP contribution in [0.15, 0.2) is 36.4 Å². The summed E-state index contributed by atoms with van der Waals surface area (Å²) in [7, 11) is 0. The zero-order valence-electron chi connectivity index (χ0n) is 11.3. The summed E-state index contributed by atoms with van der Waals surface area (Å²) >= 11 is 0. The monoisotopic (exact) mass is 253 g/mol. The molecule has 0 saturated heterocycles. The Kier molecular flexibility index (Phi) is 4.25. The molecule has 0 saturated carbocycles. The van der Waals surface area contributed by atoms with E-state index in [0.29, 0.717) is 5.69 Å². The van der Waals surface area contributed by atoms with Crippen molar-refractivity contribution < 1.29 is 0 Å². The SMILES string of the molecule is CCCCn1c(C#N)cc(N)c1Cc1ccccc1. The summed E-state index contributed by atoms with van der Waals surface area (Å²) in [5, 5.41) is 9.20. The molecule has 0 spiro atoms. The standard InChI is InChI=1S/C16H19N3/c1-2-3-9-19-14(12-17)11-15(18)16(19)10-13-7-5-4-6-8-13/h4-8,11H,2-3,9-10,18H2,1H3. The maximum atomic E-state index is 9.20. The van der Waals surface area contributed by atoms with Crippen molar-refractivity contribution in [3.8, 4) is 6.07 Å². The van der Waals surface area contributed by atoms with Crippen LogP contribution >= 0.6 is 0 Å². The third kappa shape index (κ3) is 2.97. The lowest BCUT2D eigenvalue weighted by molar-refractivity contribution is 0.611. The van der Waals surface area contributed by atoms with Crippen LogP contribution in [0.5, 0.6) is 0 Å². The predicted molar refractivity (Wildman–Crippen MR) is 77.7 cm³/mol. The van der Waals surface area contributed by atoms with Gasteiger partial charge in [-0.2, -0.15) is 5.26 Å². The number of hydrogen-bond donors (Lipinski definition) is 1. The number of rotatable bonds is 5. The van der Waals surface area contributed by atoms with E-state index in [4.69, 9.17) is 5.73 Å². The van der Waals surface area contributed by atoms with Crippen molar-refractivity contribution in [2.24, 2.45) is 0 Å². The Balaban J connectivity index is 2.33. The molecule has 0 unspecified atom stereocenters. The zero-order valence-corrected chi connectivity index (χ0v) is 11.3. The summed E-state index contributed by atoms with van der Waals surface area (Å²) in [5.74, 6) is 0. The first-order chi connectivity index (χ1) is 9.26. The molecule has 0 aliphatic heterocycles. The number of anilines is 1. The molecule has 1 aromatic carbocycles. The normalized spacial score (nSPS) is 10.3. The van der Waals surface area contributed by atoms with Gasteiger partial charge in [-0.3, -0.25) is 0 Å². The second kappa shape index (κ2) is 6.10. The fourth-order valence-electron chi connectivity index (χ4n) is 2.26. The second-order valence-electron chi connectivity index (χ2n) is 4.71. The highest BCUT2D eigenvalue weighted by Crippen LogP contribution is 2.22. The van der Waals surface area contributed by atoms with E-state index in [1.807, 2.05) is 18.2 Å². The van der Waals surface area contributed by atoms with E-state index in [9.17, 15) is 5.26 Å². The van der Waals surface area contributed by atoms with E-state index in [0.717, 1.165) is 37.2 Å². The number of unbranched alkanes of at least 4 members (excludes halogenated alkanes) is 1. The van der Waals surface area contributed by atoms with E-state index in [2.05, 4.69) is 29.7 Å². The van der Waals surface area contributed by atoms with Gasteiger partial charge in [0, 0.05) is 18.7 Å². The highest BCUT2D eigenvalue weighted by molar-refractivity contribution is 5.52. The number of benzene rings is 1. The van der Waals surface area contributed by atoms with Gasteiger partial charge >= 0.3 is 0 Å². The number of nitrogen functional groups attached to an aromatic ring is 1. The van der Waals surface area contributed by atoms with Crippen LogP contribution in [-0.4, -0.2) is 4.57 Å². The lowest BCUT2D eigenvalue weighted by Crippen LogP contribution is -2.07. The van der Waals surface area contributed by atoms with Crippen molar-refractivity contribution in [1.82, 2.24) is 4.57 Å². The minimum atomic E-state index is 0.664. The molecule has 0 fully saturated rings. The number of nitrogens with two attached hydrogens (primary N) is 1. The fraction of sp³-hybridized carbons (Fsp3) is 0.312. The van der Waals surface area contributed by atoms with Gasteiger partial charge in [0.15, 0.2) is 0 Å². The fourth-order valence-corrected chi connectivity index (χ4v) is 2.26. The Labute approximate surface area is 114 Å². The van der Waals surface area contributed by atoms with Gasteiger partial charge < -0.3 is 10.3 Å². The number of hydrogen-bond acceptors (Lipinski definition) is 2. The maximum absolute atomic E-state index is 9.20. The first-order valence-corrected chi connectivity index (χ1v) is 6.68. The van der Waals surface area contributed by atoms with Crippen LogP contribution in [0.4, 0.5) is 5.69 Å². The molecule has 2 rings (SSSR count). The zero-order chi connectivity index (χ0) is 13.7. The molecule has 98 valence electrons. The van der Waals surface area contributed by atoms with Crippen LogP contribution in [0.1, 0.15) is 36.7 Å². The van der Waals surface area contributed by atoms with Crippen LogP contribution in [-0.2, 0) is 13.0 Å². The lowest BCUT2D eigenvalue weighted by atomic mass is 10.1. The number of nitriles is 1. The third-order valence-electron chi connectivity index (χ3n) is 3.31. The van der Waals surface area contributed by atoms with Crippen molar-refractivity contribution in [3.63, 3.8) is 0 Å². The average molecular weight is 253 g/mol. The lowest BCUT2D eigenvalue weighted by Gasteiger charge is -2.11. The summed E-state index contributed by atoms with van der Waals surface area (Å²) in [6.45, 7) is 3.01. The molecule has 3 nitrogen and oxygen atoms in total. The Morgan fingerprint density at radius 2 is 2.00 bits per heavy atom. The molecule has 1 aromatic heterocycles. The van der Waals surface area contributed by atoms with Crippen molar-refractivity contribution in [1.29, 1.82) is 5.26 Å². The van der Waals surface area contributed by atoms with Gasteiger partial charge in [0.1, 0.15) is 11.8 Å². The molecule has 19 heavy (non-hydrogen) atoms. The van der Waals surface area contributed by atoms with Gasteiger partial charge in [0.2, 0.25) is 0 Å². The second-order valence-corrected chi connectivity index (χ2v) is 4.71. The molecule has 0 radical (unpaired) electrons. The molecule has 0 atom stereocenters. The molecule has 2 aromatic rings. The molecular formula is C16H19N3. The van der Waals surface area contributed by atoms with Crippen molar-refractivity contribution in [2.75, 3.05) is 5.73 Å². The number of nitrogens with zero attached hydrogens (tertiary/aromatic N) is 2. The highest BCUT2D eigenvalue weighted by Gasteiger charge is 2.12. The highest BCUT2D eigenvalue weighted by atomic mass is 15.0. The van der Waals surface area contributed by atoms with Crippen LogP contribution in [0, 0.1) is 11.3 Å². The predicted octanol–water partition coefficient (Wildman–Crippen LogP) is 3.33. The minimum absolute atomic E-state index is 0.664. The largest absolute Gasteiger partial charge is 0.397 e. The third-order valence-corrected chi connectivity index (χ3v) is 3.31. The Hall–Kier alpha value is -2.21. The number of aromatic nitrogens is 1. The molecule has 3 heteroatoms. The van der Waals surface area contributed by atoms with Gasteiger partial charge in [-0.25, -0.2) is 0 Å². The minimum Gasteiger partial charge on any atom is -0.397 e. The summed E-state index contributed by atoms with van der Waals surface area (Å²) in [6.07, 6.45) is 2.94. The van der Waals surface area contributed by atoms with Gasteiger partial charge in [0.25, 0.3) is 0 Å². The molecule has 2 N–H and O–H groups in total. The topological polar surface area (TPSA) is 54.7 Å². The summed E-state index contributed by atoms with van der Waals surface area (Å²) in [6, 6.07) is 14.2. The molecule has 0 aliphatic rings.